The molecule has 0 saturated carbocycles. The molecule has 32 heavy (non-hydrogen) atoms. The number of hydrogen-bond acceptors (Lipinski definition) is 6. The van der Waals surface area contributed by atoms with Crippen molar-refractivity contribution in [2.24, 2.45) is 0 Å². The van der Waals surface area contributed by atoms with Crippen LogP contribution in [0.25, 0.3) is 0 Å². The molecule has 1 aliphatic carbocycles. The Labute approximate surface area is 190 Å². The largest absolute Gasteiger partial charge is 0.362 e. The number of allylic oxidation sites excluding steroid dienone is 3. The SMILES string of the molecule is CC1=C(C(=O)Nc2ccccn2)C(c2cccnc2)C2=C(CC(c3cccs3)CC2=O)N1. The van der Waals surface area contributed by atoms with Crippen molar-refractivity contribution in [3.8, 4) is 0 Å². The van der Waals surface area contributed by atoms with Crippen LogP contribution in [0.5, 0.6) is 0 Å². The highest BCUT2D eigenvalue weighted by Crippen LogP contribution is 2.46. The maximum atomic E-state index is 13.5. The number of nitrogens with zero attached hydrogens (tertiary/aromatic N) is 2. The predicted octanol–water partition coefficient (Wildman–Crippen LogP) is 4.54. The van der Waals surface area contributed by atoms with Crippen molar-refractivity contribution in [3.05, 3.63) is 99.4 Å². The number of thiophene rings is 1. The van der Waals surface area contributed by atoms with Gasteiger partial charge in [0.25, 0.3) is 5.91 Å². The van der Waals surface area contributed by atoms with Crippen LogP contribution in [0.15, 0.2) is 89.0 Å². The van der Waals surface area contributed by atoms with E-state index in [2.05, 4.69) is 26.7 Å². The van der Waals surface area contributed by atoms with Crippen molar-refractivity contribution in [2.75, 3.05) is 5.32 Å². The molecular weight excluding hydrogens is 420 g/mol. The van der Waals surface area contributed by atoms with Gasteiger partial charge in [0.05, 0.1) is 0 Å². The molecule has 6 nitrogen and oxygen atoms in total. The Hall–Kier alpha value is -3.58. The van der Waals surface area contributed by atoms with E-state index >= 15 is 0 Å². The average Bonchev–Trinajstić information content (AvgIpc) is 3.34. The number of amides is 1. The summed E-state index contributed by atoms with van der Waals surface area (Å²) in [6, 6.07) is 13.2. The van der Waals surface area contributed by atoms with E-state index in [1.807, 2.05) is 36.6 Å². The lowest BCUT2D eigenvalue weighted by atomic mass is 9.73. The van der Waals surface area contributed by atoms with Crippen molar-refractivity contribution in [2.45, 2.75) is 31.6 Å². The topological polar surface area (TPSA) is 84.0 Å². The summed E-state index contributed by atoms with van der Waals surface area (Å²) in [7, 11) is 0. The first-order valence-corrected chi connectivity index (χ1v) is 11.4. The minimum Gasteiger partial charge on any atom is -0.362 e. The Balaban J connectivity index is 1.56. The molecule has 160 valence electrons. The van der Waals surface area contributed by atoms with Crippen LogP contribution in [0.4, 0.5) is 5.82 Å². The quantitative estimate of drug-likeness (QED) is 0.620. The Bertz CT molecular complexity index is 1220. The Morgan fingerprint density at radius 3 is 2.75 bits per heavy atom. The molecule has 1 amide bonds. The summed E-state index contributed by atoms with van der Waals surface area (Å²) in [5.74, 6) is -0.0559. The van der Waals surface area contributed by atoms with Crippen LogP contribution in [0, 0.1) is 0 Å². The lowest BCUT2D eigenvalue weighted by Gasteiger charge is -2.36. The third-order valence-electron chi connectivity index (χ3n) is 5.94. The summed E-state index contributed by atoms with van der Waals surface area (Å²) >= 11 is 1.68. The molecule has 0 aromatic carbocycles. The zero-order valence-corrected chi connectivity index (χ0v) is 18.4. The van der Waals surface area contributed by atoms with Crippen molar-refractivity contribution in [1.82, 2.24) is 15.3 Å². The Morgan fingerprint density at radius 2 is 2.03 bits per heavy atom. The van der Waals surface area contributed by atoms with Crippen molar-refractivity contribution >= 4 is 28.8 Å². The molecule has 2 unspecified atom stereocenters. The molecule has 0 spiro atoms. The van der Waals surface area contributed by atoms with E-state index in [1.54, 1.807) is 42.1 Å². The van der Waals surface area contributed by atoms with Gasteiger partial charge in [0, 0.05) is 64.3 Å². The zero-order chi connectivity index (χ0) is 22.1. The summed E-state index contributed by atoms with van der Waals surface area (Å²) in [5, 5.41) is 8.32. The van der Waals surface area contributed by atoms with Crippen LogP contribution < -0.4 is 10.6 Å². The number of rotatable bonds is 4. The van der Waals surface area contributed by atoms with E-state index in [-0.39, 0.29) is 17.6 Å². The maximum Gasteiger partial charge on any atom is 0.255 e. The number of aromatic nitrogens is 2. The van der Waals surface area contributed by atoms with Gasteiger partial charge in [-0.25, -0.2) is 4.98 Å². The van der Waals surface area contributed by atoms with Gasteiger partial charge in [0.2, 0.25) is 0 Å². The monoisotopic (exact) mass is 442 g/mol. The van der Waals surface area contributed by atoms with Crippen LogP contribution in [-0.4, -0.2) is 21.7 Å². The van der Waals surface area contributed by atoms with Crippen LogP contribution >= 0.6 is 11.3 Å². The molecule has 7 heteroatoms. The van der Waals surface area contributed by atoms with E-state index in [9.17, 15) is 9.59 Å². The zero-order valence-electron chi connectivity index (χ0n) is 17.5. The molecule has 3 aromatic heterocycles. The molecule has 2 atom stereocenters. The molecular formula is C25H22N4O2S. The smallest absolute Gasteiger partial charge is 0.255 e. The summed E-state index contributed by atoms with van der Waals surface area (Å²) < 4.78 is 0. The van der Waals surface area contributed by atoms with Crippen LogP contribution in [0.1, 0.15) is 42.0 Å². The van der Waals surface area contributed by atoms with Gasteiger partial charge in [-0.05, 0) is 48.6 Å². The number of carbonyl (C=O) groups excluding carboxylic acids is 2. The highest BCUT2D eigenvalue weighted by molar-refractivity contribution is 7.10. The van der Waals surface area contributed by atoms with Gasteiger partial charge in [-0.3, -0.25) is 14.6 Å². The van der Waals surface area contributed by atoms with Gasteiger partial charge in [0.1, 0.15) is 5.82 Å². The van der Waals surface area contributed by atoms with Gasteiger partial charge >= 0.3 is 0 Å². The number of hydrogen-bond donors (Lipinski definition) is 2. The van der Waals surface area contributed by atoms with E-state index in [0.29, 0.717) is 23.4 Å². The lowest BCUT2D eigenvalue weighted by molar-refractivity contribution is -0.116. The van der Waals surface area contributed by atoms with Crippen LogP contribution in [-0.2, 0) is 9.59 Å². The van der Waals surface area contributed by atoms with E-state index in [1.165, 1.54) is 4.88 Å². The number of ketones is 1. The summed E-state index contributed by atoms with van der Waals surface area (Å²) in [4.78, 5) is 36.5. The highest BCUT2D eigenvalue weighted by Gasteiger charge is 2.41. The van der Waals surface area contributed by atoms with Crippen molar-refractivity contribution < 1.29 is 9.59 Å². The van der Waals surface area contributed by atoms with Crippen molar-refractivity contribution in [3.63, 3.8) is 0 Å². The maximum absolute atomic E-state index is 13.5. The molecule has 0 saturated heterocycles. The second-order valence-electron chi connectivity index (χ2n) is 7.99. The van der Waals surface area contributed by atoms with Gasteiger partial charge < -0.3 is 10.6 Å². The fraction of sp³-hybridized carbons (Fsp3) is 0.200. The molecule has 5 rings (SSSR count). The standard InChI is InChI=1S/C25H22N4O2S/c1-15-22(25(31)29-21-8-2-3-10-27-21)23(16-6-4-9-26-14-16)24-18(28-15)12-17(13-19(24)30)20-7-5-11-32-20/h2-11,14,17,23,28H,12-13H2,1H3,(H,27,29,31). The Morgan fingerprint density at radius 1 is 1.12 bits per heavy atom. The summed E-state index contributed by atoms with van der Waals surface area (Å²) in [6.07, 6.45) is 6.24. The minimum absolute atomic E-state index is 0.0710. The van der Waals surface area contributed by atoms with Crippen LogP contribution in [0.2, 0.25) is 0 Å². The Kier molecular flexibility index (Phi) is 5.41. The summed E-state index contributed by atoms with van der Waals surface area (Å²) in [6.45, 7) is 1.89. The van der Waals surface area contributed by atoms with Gasteiger partial charge in [-0.2, -0.15) is 0 Å². The predicted molar refractivity (Wildman–Crippen MR) is 124 cm³/mol. The number of pyridine rings is 2. The lowest BCUT2D eigenvalue weighted by Crippen LogP contribution is -2.37. The molecule has 2 aliphatic rings. The third-order valence-corrected chi connectivity index (χ3v) is 6.98. The van der Waals surface area contributed by atoms with Gasteiger partial charge in [0.15, 0.2) is 5.78 Å². The number of anilines is 1. The third kappa shape index (κ3) is 3.76. The molecule has 3 aromatic rings. The first kappa shape index (κ1) is 20.3. The molecule has 2 N–H and O–H groups in total. The fourth-order valence-corrected chi connectivity index (χ4v) is 5.40. The normalized spacial score (nSPS) is 20.6. The van der Waals surface area contributed by atoms with Gasteiger partial charge in [-0.1, -0.05) is 18.2 Å². The average molecular weight is 443 g/mol. The van der Waals surface area contributed by atoms with Crippen LogP contribution in [0.3, 0.4) is 0 Å². The molecule has 1 aliphatic heterocycles. The highest BCUT2D eigenvalue weighted by atomic mass is 32.1. The number of dihydropyridines is 1. The van der Waals surface area contributed by atoms with Gasteiger partial charge in [-0.15, -0.1) is 11.3 Å². The van der Waals surface area contributed by atoms with Crippen molar-refractivity contribution in [1.29, 1.82) is 0 Å². The number of nitrogens with one attached hydrogen (secondary N) is 2. The first-order chi connectivity index (χ1) is 15.6. The second-order valence-corrected chi connectivity index (χ2v) is 8.97. The molecule has 0 fully saturated rings. The summed E-state index contributed by atoms with van der Waals surface area (Å²) in [5.41, 5.74) is 3.66. The molecule has 0 bridgehead atoms. The van der Waals surface area contributed by atoms with E-state index in [0.717, 1.165) is 23.4 Å². The van der Waals surface area contributed by atoms with E-state index in [4.69, 9.17) is 0 Å². The van der Waals surface area contributed by atoms with E-state index < -0.39 is 5.92 Å². The number of Topliss-reactive ketones (excluding diaryl/α,β-unsaturated/α-hetero) is 1. The minimum atomic E-state index is -0.472. The fourth-order valence-electron chi connectivity index (χ4n) is 4.57. The first-order valence-electron chi connectivity index (χ1n) is 10.5. The molecule has 0 radical (unpaired) electrons. The second kappa shape index (κ2) is 8.51. The molecule has 4 heterocycles. The number of carbonyl (C=O) groups is 2.